The van der Waals surface area contributed by atoms with Crippen molar-refractivity contribution in [3.8, 4) is 11.5 Å². The zero-order valence-electron chi connectivity index (χ0n) is 14.1. The minimum atomic E-state index is 0.0247. The molecule has 0 radical (unpaired) electrons. The van der Waals surface area contributed by atoms with Crippen molar-refractivity contribution >= 4 is 5.91 Å². The summed E-state index contributed by atoms with van der Waals surface area (Å²) in [6, 6.07) is 19.9. The number of carbonyl (C=O) groups is 1. The van der Waals surface area contributed by atoms with E-state index in [1.165, 1.54) is 5.56 Å². The van der Waals surface area contributed by atoms with E-state index in [0.29, 0.717) is 11.8 Å². The third kappa shape index (κ3) is 3.05. The highest BCUT2D eigenvalue weighted by atomic mass is 16.4. The summed E-state index contributed by atoms with van der Waals surface area (Å²) >= 11 is 0. The Kier molecular flexibility index (Phi) is 3.84. The fourth-order valence-corrected chi connectivity index (χ4v) is 3.26. The third-order valence-electron chi connectivity index (χ3n) is 4.69. The molecular formula is C20H19N3O2. The third-order valence-corrected chi connectivity index (χ3v) is 4.69. The summed E-state index contributed by atoms with van der Waals surface area (Å²) < 4.78 is 5.63. The van der Waals surface area contributed by atoms with Gasteiger partial charge in [0.1, 0.15) is 6.42 Å². The largest absolute Gasteiger partial charge is 0.420 e. The van der Waals surface area contributed by atoms with Gasteiger partial charge in [0.25, 0.3) is 0 Å². The van der Waals surface area contributed by atoms with Gasteiger partial charge < -0.3 is 9.32 Å². The second kappa shape index (κ2) is 6.16. The summed E-state index contributed by atoms with van der Waals surface area (Å²) in [5, 5.41) is 8.04. The number of likely N-dealkylation sites (tertiary alicyclic amines) is 1. The number of amides is 1. The lowest BCUT2D eigenvalue weighted by Gasteiger charge is -2.48. The highest BCUT2D eigenvalue weighted by Gasteiger charge is 2.42. The molecule has 0 bridgehead atoms. The topological polar surface area (TPSA) is 59.2 Å². The van der Waals surface area contributed by atoms with E-state index in [0.717, 1.165) is 18.7 Å². The lowest BCUT2D eigenvalue weighted by molar-refractivity contribution is -0.138. The monoisotopic (exact) mass is 333 g/mol. The van der Waals surface area contributed by atoms with Gasteiger partial charge in [-0.1, -0.05) is 55.5 Å². The van der Waals surface area contributed by atoms with Gasteiger partial charge in [0.2, 0.25) is 17.7 Å². The number of carbonyl (C=O) groups excluding carboxylic acids is 1. The van der Waals surface area contributed by atoms with Gasteiger partial charge in [0.15, 0.2) is 0 Å². The molecule has 0 atom stereocenters. The summed E-state index contributed by atoms with van der Waals surface area (Å²) in [6.45, 7) is 3.62. The van der Waals surface area contributed by atoms with Crippen LogP contribution in [0.25, 0.3) is 11.5 Å². The Hall–Kier alpha value is -2.95. The normalized spacial score (nSPS) is 15.6. The molecule has 0 unspecified atom stereocenters. The molecule has 1 fully saturated rings. The van der Waals surface area contributed by atoms with Crippen LogP contribution in [0.2, 0.25) is 0 Å². The van der Waals surface area contributed by atoms with Crippen LogP contribution in [0.15, 0.2) is 65.1 Å². The quantitative estimate of drug-likeness (QED) is 0.736. The van der Waals surface area contributed by atoms with Crippen LogP contribution in [0.4, 0.5) is 0 Å². The summed E-state index contributed by atoms with van der Waals surface area (Å²) in [5.74, 6) is 0.829. The van der Waals surface area contributed by atoms with Crippen molar-refractivity contribution in [1.29, 1.82) is 0 Å². The molecule has 126 valence electrons. The number of hydrogen-bond acceptors (Lipinski definition) is 4. The average molecular weight is 333 g/mol. The van der Waals surface area contributed by atoms with Crippen LogP contribution in [0.1, 0.15) is 18.4 Å². The highest BCUT2D eigenvalue weighted by Crippen LogP contribution is 2.34. The molecule has 2 heterocycles. The molecule has 4 rings (SSSR count). The molecule has 1 saturated heterocycles. The molecule has 1 aromatic heterocycles. The average Bonchev–Trinajstić information content (AvgIpc) is 3.09. The minimum absolute atomic E-state index is 0.0247. The fourth-order valence-electron chi connectivity index (χ4n) is 3.26. The first-order valence-corrected chi connectivity index (χ1v) is 8.35. The van der Waals surface area contributed by atoms with E-state index in [9.17, 15) is 4.79 Å². The smallest absolute Gasteiger partial charge is 0.247 e. The molecule has 2 aromatic carbocycles. The van der Waals surface area contributed by atoms with E-state index in [1.54, 1.807) is 0 Å². The summed E-state index contributed by atoms with van der Waals surface area (Å²) in [6.07, 6.45) is 0.144. The maximum atomic E-state index is 12.5. The van der Waals surface area contributed by atoms with Gasteiger partial charge in [0.05, 0.1) is 0 Å². The molecule has 0 saturated carbocycles. The van der Waals surface area contributed by atoms with Gasteiger partial charge in [-0.25, -0.2) is 0 Å². The first-order chi connectivity index (χ1) is 12.1. The number of nitrogens with zero attached hydrogens (tertiary/aromatic N) is 3. The number of aromatic nitrogens is 2. The van der Waals surface area contributed by atoms with Gasteiger partial charge in [-0.2, -0.15) is 0 Å². The zero-order chi connectivity index (χ0) is 17.3. The molecule has 1 amide bonds. The van der Waals surface area contributed by atoms with Crippen molar-refractivity contribution in [2.75, 3.05) is 13.1 Å². The first-order valence-electron chi connectivity index (χ1n) is 8.35. The van der Waals surface area contributed by atoms with Gasteiger partial charge in [-0.15, -0.1) is 10.2 Å². The Bertz CT molecular complexity index is 868. The standard InChI is InChI=1S/C20H19N3O2/c1-20(16-10-6-3-7-11-16)13-23(14-20)18(24)12-17-21-22-19(25-17)15-8-4-2-5-9-15/h2-11H,12-14H2,1H3. The summed E-state index contributed by atoms with van der Waals surface area (Å²) in [4.78, 5) is 14.3. The molecule has 0 aliphatic carbocycles. The molecule has 0 N–H and O–H groups in total. The summed E-state index contributed by atoms with van der Waals surface area (Å²) in [5.41, 5.74) is 2.15. The van der Waals surface area contributed by atoms with Crippen LogP contribution in [-0.2, 0) is 16.6 Å². The van der Waals surface area contributed by atoms with Gasteiger partial charge in [0, 0.05) is 24.1 Å². The van der Waals surface area contributed by atoms with Crippen LogP contribution in [0.3, 0.4) is 0 Å². The van der Waals surface area contributed by atoms with Crippen molar-refractivity contribution in [3.63, 3.8) is 0 Å². The van der Waals surface area contributed by atoms with E-state index >= 15 is 0 Å². The van der Waals surface area contributed by atoms with Crippen molar-refractivity contribution < 1.29 is 9.21 Å². The Morgan fingerprint density at radius 1 is 1.04 bits per heavy atom. The van der Waals surface area contributed by atoms with Crippen molar-refractivity contribution in [1.82, 2.24) is 15.1 Å². The van der Waals surface area contributed by atoms with E-state index < -0.39 is 0 Å². The molecule has 0 spiro atoms. The molecule has 5 nitrogen and oxygen atoms in total. The van der Waals surface area contributed by atoms with E-state index in [2.05, 4.69) is 29.3 Å². The SMILES string of the molecule is CC1(c2ccccc2)CN(C(=O)Cc2nnc(-c3ccccc3)o2)C1. The number of rotatable bonds is 4. The molecular weight excluding hydrogens is 314 g/mol. The Morgan fingerprint density at radius 2 is 1.68 bits per heavy atom. The predicted octanol–water partition coefficient (Wildman–Crippen LogP) is 3.08. The Labute approximate surface area is 146 Å². The van der Waals surface area contributed by atoms with Gasteiger partial charge in [-0.05, 0) is 17.7 Å². The first kappa shape index (κ1) is 15.6. The molecule has 1 aliphatic rings. The fraction of sp³-hybridized carbons (Fsp3) is 0.250. The van der Waals surface area contributed by atoms with Crippen LogP contribution < -0.4 is 0 Å². The molecule has 1 aliphatic heterocycles. The second-order valence-electron chi connectivity index (χ2n) is 6.72. The van der Waals surface area contributed by atoms with E-state index in [4.69, 9.17) is 4.42 Å². The lowest BCUT2D eigenvalue weighted by atomic mass is 9.75. The predicted molar refractivity (Wildman–Crippen MR) is 93.8 cm³/mol. The van der Waals surface area contributed by atoms with E-state index in [1.807, 2.05) is 53.4 Å². The lowest BCUT2D eigenvalue weighted by Crippen LogP contribution is -2.59. The van der Waals surface area contributed by atoms with Crippen LogP contribution in [-0.4, -0.2) is 34.1 Å². The number of benzene rings is 2. The number of hydrogen-bond donors (Lipinski definition) is 0. The van der Waals surface area contributed by atoms with Crippen LogP contribution in [0.5, 0.6) is 0 Å². The van der Waals surface area contributed by atoms with Crippen LogP contribution in [0, 0.1) is 0 Å². The minimum Gasteiger partial charge on any atom is -0.420 e. The van der Waals surface area contributed by atoms with Crippen molar-refractivity contribution in [3.05, 3.63) is 72.1 Å². The van der Waals surface area contributed by atoms with Crippen molar-refractivity contribution in [2.45, 2.75) is 18.8 Å². The molecule has 25 heavy (non-hydrogen) atoms. The Morgan fingerprint density at radius 3 is 2.36 bits per heavy atom. The maximum Gasteiger partial charge on any atom is 0.247 e. The highest BCUT2D eigenvalue weighted by molar-refractivity contribution is 5.79. The maximum absolute atomic E-state index is 12.5. The van der Waals surface area contributed by atoms with Crippen molar-refractivity contribution in [2.24, 2.45) is 0 Å². The van der Waals surface area contributed by atoms with Gasteiger partial charge in [-0.3, -0.25) is 4.79 Å². The summed E-state index contributed by atoms with van der Waals surface area (Å²) in [7, 11) is 0. The van der Waals surface area contributed by atoms with Crippen LogP contribution >= 0.6 is 0 Å². The van der Waals surface area contributed by atoms with Gasteiger partial charge >= 0.3 is 0 Å². The zero-order valence-corrected chi connectivity index (χ0v) is 14.1. The Balaban J connectivity index is 1.39. The van der Waals surface area contributed by atoms with E-state index in [-0.39, 0.29) is 17.7 Å². The molecule has 3 aromatic rings. The second-order valence-corrected chi connectivity index (χ2v) is 6.72. The molecule has 5 heteroatoms.